The second-order valence-corrected chi connectivity index (χ2v) is 5.23. The first-order chi connectivity index (χ1) is 10.1. The number of ether oxygens (including phenoxy) is 1. The molecule has 0 saturated heterocycles. The van der Waals surface area contributed by atoms with Crippen molar-refractivity contribution in [1.29, 1.82) is 0 Å². The summed E-state index contributed by atoms with van der Waals surface area (Å²) in [5.41, 5.74) is 3.30. The summed E-state index contributed by atoms with van der Waals surface area (Å²) < 4.78 is 5.71. The lowest BCUT2D eigenvalue weighted by atomic mass is 10.1. The van der Waals surface area contributed by atoms with Gasteiger partial charge in [0, 0.05) is 6.54 Å². The van der Waals surface area contributed by atoms with E-state index in [1.54, 1.807) is 6.92 Å². The van der Waals surface area contributed by atoms with Crippen molar-refractivity contribution in [2.75, 3.05) is 0 Å². The lowest BCUT2D eigenvalue weighted by Gasteiger charge is -2.16. The zero-order chi connectivity index (χ0) is 15.2. The van der Waals surface area contributed by atoms with Crippen LogP contribution >= 0.6 is 0 Å². The quantitative estimate of drug-likeness (QED) is 0.913. The van der Waals surface area contributed by atoms with Gasteiger partial charge in [-0.05, 0) is 38.0 Å². The molecule has 3 heteroatoms. The number of rotatable bonds is 5. The number of aryl methyl sites for hydroxylation is 2. The molecule has 2 aromatic carbocycles. The third-order valence-electron chi connectivity index (χ3n) is 3.32. The molecule has 0 fully saturated rings. The Hall–Kier alpha value is -2.29. The molecule has 0 aliphatic heterocycles. The van der Waals surface area contributed by atoms with Gasteiger partial charge in [-0.15, -0.1) is 0 Å². The summed E-state index contributed by atoms with van der Waals surface area (Å²) in [6.07, 6.45) is -0.518. The summed E-state index contributed by atoms with van der Waals surface area (Å²) in [5.74, 6) is 0.635. The van der Waals surface area contributed by atoms with E-state index in [9.17, 15) is 4.79 Å². The van der Waals surface area contributed by atoms with Gasteiger partial charge < -0.3 is 10.1 Å². The number of hydrogen-bond acceptors (Lipinski definition) is 2. The number of para-hydroxylation sites is 1. The third kappa shape index (κ3) is 4.35. The maximum atomic E-state index is 12.1. The summed E-state index contributed by atoms with van der Waals surface area (Å²) in [4.78, 5) is 12.1. The number of amides is 1. The van der Waals surface area contributed by atoms with Gasteiger partial charge >= 0.3 is 0 Å². The zero-order valence-corrected chi connectivity index (χ0v) is 12.7. The van der Waals surface area contributed by atoms with Crippen LogP contribution in [0.4, 0.5) is 0 Å². The molecule has 2 rings (SSSR count). The number of benzene rings is 2. The summed E-state index contributed by atoms with van der Waals surface area (Å²) in [5, 5.41) is 2.90. The van der Waals surface area contributed by atoms with Crippen LogP contribution in [0.25, 0.3) is 0 Å². The van der Waals surface area contributed by atoms with Gasteiger partial charge in [0.05, 0.1) is 0 Å². The van der Waals surface area contributed by atoms with Gasteiger partial charge in [0.2, 0.25) is 0 Å². The maximum absolute atomic E-state index is 12.1. The van der Waals surface area contributed by atoms with Crippen molar-refractivity contribution in [1.82, 2.24) is 5.32 Å². The zero-order valence-electron chi connectivity index (χ0n) is 12.7. The minimum absolute atomic E-state index is 0.111. The number of carbonyl (C=O) groups is 1. The van der Waals surface area contributed by atoms with Crippen molar-refractivity contribution >= 4 is 5.91 Å². The largest absolute Gasteiger partial charge is 0.481 e. The fourth-order valence-corrected chi connectivity index (χ4v) is 2.09. The van der Waals surface area contributed by atoms with Crippen LogP contribution in [0.15, 0.2) is 48.5 Å². The number of hydrogen-bond donors (Lipinski definition) is 1. The van der Waals surface area contributed by atoms with E-state index in [2.05, 4.69) is 11.4 Å². The van der Waals surface area contributed by atoms with E-state index in [-0.39, 0.29) is 5.91 Å². The van der Waals surface area contributed by atoms with Crippen molar-refractivity contribution < 1.29 is 9.53 Å². The van der Waals surface area contributed by atoms with Gasteiger partial charge in [-0.25, -0.2) is 0 Å². The van der Waals surface area contributed by atoms with E-state index in [0.717, 1.165) is 16.9 Å². The molecule has 2 aromatic rings. The fourth-order valence-electron chi connectivity index (χ4n) is 2.09. The van der Waals surface area contributed by atoms with Crippen LogP contribution in [0, 0.1) is 13.8 Å². The van der Waals surface area contributed by atoms with Crippen molar-refractivity contribution in [2.45, 2.75) is 33.4 Å². The predicted molar refractivity (Wildman–Crippen MR) is 84.3 cm³/mol. The smallest absolute Gasteiger partial charge is 0.261 e. The van der Waals surface area contributed by atoms with Gasteiger partial charge in [-0.1, -0.05) is 48.0 Å². The van der Waals surface area contributed by atoms with Crippen LogP contribution in [-0.2, 0) is 11.3 Å². The summed E-state index contributed by atoms with van der Waals surface area (Å²) in [6, 6.07) is 15.8. The Labute approximate surface area is 126 Å². The second kappa shape index (κ2) is 6.93. The predicted octanol–water partition coefficient (Wildman–Crippen LogP) is 3.39. The van der Waals surface area contributed by atoms with E-state index in [1.807, 2.05) is 56.3 Å². The van der Waals surface area contributed by atoms with E-state index in [0.29, 0.717) is 6.54 Å². The van der Waals surface area contributed by atoms with Gasteiger partial charge in [-0.2, -0.15) is 0 Å². The van der Waals surface area contributed by atoms with Crippen molar-refractivity contribution in [3.8, 4) is 5.75 Å². The normalized spacial score (nSPS) is 11.8. The van der Waals surface area contributed by atoms with Gasteiger partial charge in [0.1, 0.15) is 5.75 Å². The van der Waals surface area contributed by atoms with Crippen LogP contribution in [0.5, 0.6) is 5.75 Å². The van der Waals surface area contributed by atoms with E-state index in [4.69, 9.17) is 4.74 Å². The highest BCUT2D eigenvalue weighted by molar-refractivity contribution is 5.80. The van der Waals surface area contributed by atoms with Gasteiger partial charge in [-0.3, -0.25) is 4.79 Å². The number of nitrogens with one attached hydrogen (secondary N) is 1. The highest BCUT2D eigenvalue weighted by Crippen LogP contribution is 2.17. The van der Waals surface area contributed by atoms with Crippen LogP contribution in [0.3, 0.4) is 0 Å². The summed E-state index contributed by atoms with van der Waals surface area (Å²) >= 11 is 0. The van der Waals surface area contributed by atoms with Crippen LogP contribution in [0.1, 0.15) is 23.6 Å². The molecule has 21 heavy (non-hydrogen) atoms. The minimum Gasteiger partial charge on any atom is -0.481 e. The molecule has 0 spiro atoms. The van der Waals surface area contributed by atoms with Gasteiger partial charge in [0.15, 0.2) is 6.10 Å². The Morgan fingerprint density at radius 3 is 2.62 bits per heavy atom. The molecule has 3 nitrogen and oxygen atoms in total. The Balaban J connectivity index is 1.90. The molecule has 0 saturated carbocycles. The van der Waals surface area contributed by atoms with Crippen molar-refractivity contribution in [2.24, 2.45) is 0 Å². The minimum atomic E-state index is -0.518. The lowest BCUT2D eigenvalue weighted by molar-refractivity contribution is -0.127. The second-order valence-electron chi connectivity index (χ2n) is 5.23. The molecular formula is C18H21NO2. The molecule has 0 aliphatic carbocycles. The molecule has 0 bridgehead atoms. The first-order valence-corrected chi connectivity index (χ1v) is 7.12. The molecule has 0 aliphatic rings. The topological polar surface area (TPSA) is 38.3 Å². The lowest BCUT2D eigenvalue weighted by Crippen LogP contribution is -2.36. The average molecular weight is 283 g/mol. The molecule has 0 heterocycles. The summed E-state index contributed by atoms with van der Waals surface area (Å²) in [7, 11) is 0. The summed E-state index contributed by atoms with van der Waals surface area (Å²) in [6.45, 7) is 6.28. The Bertz CT molecular complexity index is 622. The average Bonchev–Trinajstić information content (AvgIpc) is 2.47. The molecule has 1 atom stereocenters. The van der Waals surface area contributed by atoms with Gasteiger partial charge in [0.25, 0.3) is 5.91 Å². The first-order valence-electron chi connectivity index (χ1n) is 7.12. The highest BCUT2D eigenvalue weighted by Gasteiger charge is 2.14. The molecule has 1 amide bonds. The third-order valence-corrected chi connectivity index (χ3v) is 3.32. The molecule has 1 unspecified atom stereocenters. The highest BCUT2D eigenvalue weighted by atomic mass is 16.5. The molecule has 110 valence electrons. The van der Waals surface area contributed by atoms with Crippen molar-refractivity contribution in [3.05, 3.63) is 65.2 Å². The van der Waals surface area contributed by atoms with Crippen LogP contribution in [-0.4, -0.2) is 12.0 Å². The maximum Gasteiger partial charge on any atom is 0.261 e. The van der Waals surface area contributed by atoms with E-state index < -0.39 is 6.10 Å². The van der Waals surface area contributed by atoms with E-state index in [1.165, 1.54) is 5.56 Å². The van der Waals surface area contributed by atoms with E-state index >= 15 is 0 Å². The fraction of sp³-hybridized carbons (Fsp3) is 0.278. The SMILES string of the molecule is Cc1cccc(CNC(=O)C(C)Oc2ccccc2C)c1. The Kier molecular flexibility index (Phi) is 4.99. The molecule has 0 radical (unpaired) electrons. The monoisotopic (exact) mass is 283 g/mol. The van der Waals surface area contributed by atoms with Crippen LogP contribution < -0.4 is 10.1 Å². The number of carbonyl (C=O) groups excluding carboxylic acids is 1. The molecule has 1 N–H and O–H groups in total. The van der Waals surface area contributed by atoms with Crippen LogP contribution in [0.2, 0.25) is 0 Å². The molecule has 0 aromatic heterocycles. The Morgan fingerprint density at radius 2 is 1.90 bits per heavy atom. The van der Waals surface area contributed by atoms with Crippen molar-refractivity contribution in [3.63, 3.8) is 0 Å². The standard InChI is InChI=1S/C18H21NO2/c1-13-7-6-9-16(11-13)12-19-18(20)15(3)21-17-10-5-4-8-14(17)2/h4-11,15H,12H2,1-3H3,(H,19,20). The molecular weight excluding hydrogens is 262 g/mol. The first kappa shape index (κ1) is 15.1. The Morgan fingerprint density at radius 1 is 1.14 bits per heavy atom.